The number of amides is 1. The molecule has 1 fully saturated rings. The van der Waals surface area contributed by atoms with Crippen LogP contribution in [-0.4, -0.2) is 100 Å². The van der Waals surface area contributed by atoms with E-state index in [1.807, 2.05) is 6.08 Å². The first-order valence-electron chi connectivity index (χ1n) is 32.6. The Morgan fingerprint density at radius 1 is 0.474 bits per heavy atom. The van der Waals surface area contributed by atoms with Crippen LogP contribution in [0, 0.1) is 0 Å². The van der Waals surface area contributed by atoms with Crippen molar-refractivity contribution >= 4 is 11.9 Å². The molecule has 78 heavy (non-hydrogen) atoms. The highest BCUT2D eigenvalue weighted by Gasteiger charge is 2.44. The SMILES string of the molecule is CCCC/C=C\C/C=C\CCCCCCCC(=O)OCC/C=C\C/C=C\CCCCCCCCCCCCCCCCC(=O)NC(COC1OC(CO)C(O)C(O)C1O)C(O)/C=C/CCCCCCCCCCCCCCC. The zero-order valence-corrected chi connectivity index (χ0v) is 50.1. The van der Waals surface area contributed by atoms with Crippen molar-refractivity contribution in [3.8, 4) is 0 Å². The average Bonchev–Trinajstić information content (AvgIpc) is 3.45. The third-order valence-corrected chi connectivity index (χ3v) is 15.1. The van der Waals surface area contributed by atoms with Crippen LogP contribution in [0.3, 0.4) is 0 Å². The molecule has 7 unspecified atom stereocenters. The quantitative estimate of drug-likeness (QED) is 0.0195. The van der Waals surface area contributed by atoms with Gasteiger partial charge in [0, 0.05) is 12.8 Å². The summed E-state index contributed by atoms with van der Waals surface area (Å²) in [7, 11) is 0. The van der Waals surface area contributed by atoms with Gasteiger partial charge in [-0.25, -0.2) is 0 Å². The van der Waals surface area contributed by atoms with Crippen LogP contribution in [0.5, 0.6) is 0 Å². The van der Waals surface area contributed by atoms with E-state index in [2.05, 4.69) is 67.8 Å². The fourth-order valence-electron chi connectivity index (χ4n) is 9.94. The van der Waals surface area contributed by atoms with Crippen molar-refractivity contribution in [2.45, 2.75) is 333 Å². The van der Waals surface area contributed by atoms with Gasteiger partial charge in [0.25, 0.3) is 0 Å². The molecule has 1 amide bonds. The molecule has 0 aromatic heterocycles. The topological polar surface area (TPSA) is 175 Å². The summed E-state index contributed by atoms with van der Waals surface area (Å²) < 4.78 is 16.7. The molecule has 0 aromatic carbocycles. The van der Waals surface area contributed by atoms with Gasteiger partial charge in [0.05, 0.1) is 32.0 Å². The van der Waals surface area contributed by atoms with Crippen LogP contribution in [-0.2, 0) is 23.8 Å². The standard InChI is InChI=1S/C67H121NO10/c1-3-5-7-9-11-13-15-17-26-29-33-37-41-45-49-53-60(70)59(58-77-67-66(75)65(74)64(73)61(57-69)78-67)68-62(71)54-50-46-42-38-34-30-27-24-22-20-19-21-23-25-28-32-36-40-44-48-52-56-76-63(72)55-51-47-43-39-35-31-18-16-14-12-10-8-6-4-2/h10,12,16,18,32,36,44,48-49,53,59-61,64-67,69-70,73-75H,3-9,11,13-15,17,19-31,33-35,37-43,45-47,50-52,54-58H2,1-2H3,(H,68,71)/b12-10-,18-16-,36-32-,48-44-,53-49+. The smallest absolute Gasteiger partial charge is 0.305 e. The lowest BCUT2D eigenvalue weighted by atomic mass is 9.99. The fraction of sp³-hybridized carbons (Fsp3) is 0.821. The van der Waals surface area contributed by atoms with E-state index >= 15 is 0 Å². The van der Waals surface area contributed by atoms with Gasteiger partial charge < -0.3 is 45.1 Å². The summed E-state index contributed by atoms with van der Waals surface area (Å²) in [5.41, 5.74) is 0. The van der Waals surface area contributed by atoms with E-state index in [-0.39, 0.29) is 18.5 Å². The molecule has 1 rings (SSSR count). The van der Waals surface area contributed by atoms with E-state index in [1.54, 1.807) is 6.08 Å². The van der Waals surface area contributed by atoms with Crippen LogP contribution < -0.4 is 5.32 Å². The minimum Gasteiger partial charge on any atom is -0.465 e. The van der Waals surface area contributed by atoms with Crippen LogP contribution in [0.2, 0.25) is 0 Å². The lowest BCUT2D eigenvalue weighted by molar-refractivity contribution is -0.302. The minimum absolute atomic E-state index is 0.0634. The normalized spacial score (nSPS) is 18.9. The van der Waals surface area contributed by atoms with Gasteiger partial charge in [-0.1, -0.05) is 261 Å². The predicted molar refractivity (Wildman–Crippen MR) is 324 cm³/mol. The Labute approximate surface area is 478 Å². The van der Waals surface area contributed by atoms with Crippen LogP contribution in [0.4, 0.5) is 0 Å². The zero-order valence-electron chi connectivity index (χ0n) is 50.1. The fourth-order valence-corrected chi connectivity index (χ4v) is 9.94. The Morgan fingerprint density at radius 3 is 1.33 bits per heavy atom. The first-order valence-corrected chi connectivity index (χ1v) is 32.6. The number of carbonyl (C=O) groups is 2. The maximum Gasteiger partial charge on any atom is 0.305 e. The molecule has 454 valence electrons. The van der Waals surface area contributed by atoms with Crippen LogP contribution in [0.15, 0.2) is 60.8 Å². The highest BCUT2D eigenvalue weighted by atomic mass is 16.7. The molecular weight excluding hydrogens is 979 g/mol. The van der Waals surface area contributed by atoms with Gasteiger partial charge in [0.15, 0.2) is 6.29 Å². The molecular formula is C67H121NO10. The monoisotopic (exact) mass is 1100 g/mol. The Balaban J connectivity index is 2.09. The molecule has 1 saturated heterocycles. The number of rotatable bonds is 56. The van der Waals surface area contributed by atoms with Gasteiger partial charge in [-0.15, -0.1) is 0 Å². The lowest BCUT2D eigenvalue weighted by Crippen LogP contribution is -2.60. The Bertz CT molecular complexity index is 1480. The van der Waals surface area contributed by atoms with Crippen molar-refractivity contribution in [3.05, 3.63) is 60.8 Å². The van der Waals surface area contributed by atoms with Crippen molar-refractivity contribution in [1.29, 1.82) is 0 Å². The second-order valence-electron chi connectivity index (χ2n) is 22.5. The summed E-state index contributed by atoms with van der Waals surface area (Å²) in [4.78, 5) is 25.1. The number of allylic oxidation sites excluding steroid dienone is 8. The number of hydrogen-bond donors (Lipinski definition) is 6. The lowest BCUT2D eigenvalue weighted by Gasteiger charge is -2.40. The molecule has 1 heterocycles. The number of aliphatic hydroxyl groups is 5. The van der Waals surface area contributed by atoms with Gasteiger partial charge in [-0.2, -0.15) is 0 Å². The number of hydrogen-bond acceptors (Lipinski definition) is 10. The highest BCUT2D eigenvalue weighted by Crippen LogP contribution is 2.23. The molecule has 0 spiro atoms. The van der Waals surface area contributed by atoms with Gasteiger partial charge in [-0.05, 0) is 77.0 Å². The summed E-state index contributed by atoms with van der Waals surface area (Å²) >= 11 is 0. The number of ether oxygens (including phenoxy) is 3. The Morgan fingerprint density at radius 2 is 0.872 bits per heavy atom. The van der Waals surface area contributed by atoms with Crippen molar-refractivity contribution in [1.82, 2.24) is 5.32 Å². The maximum atomic E-state index is 13.1. The molecule has 0 radical (unpaired) electrons. The van der Waals surface area contributed by atoms with Gasteiger partial charge in [-0.3, -0.25) is 9.59 Å². The number of aliphatic hydroxyl groups excluding tert-OH is 5. The predicted octanol–water partition coefficient (Wildman–Crippen LogP) is 15.8. The Hall–Kier alpha value is -2.64. The summed E-state index contributed by atoms with van der Waals surface area (Å²) in [6.07, 6.45) is 63.2. The summed E-state index contributed by atoms with van der Waals surface area (Å²) in [6.45, 7) is 4.20. The Kier molecular flexibility index (Phi) is 52.9. The second kappa shape index (κ2) is 56.2. The molecule has 1 aliphatic rings. The van der Waals surface area contributed by atoms with E-state index in [1.165, 1.54) is 180 Å². The summed E-state index contributed by atoms with van der Waals surface area (Å²) in [5.74, 6) is -0.249. The molecule has 11 heteroatoms. The molecule has 0 saturated carbocycles. The van der Waals surface area contributed by atoms with E-state index in [9.17, 15) is 35.1 Å². The molecule has 11 nitrogen and oxygen atoms in total. The van der Waals surface area contributed by atoms with Gasteiger partial charge in [0.2, 0.25) is 5.91 Å². The number of nitrogens with one attached hydrogen (secondary N) is 1. The molecule has 0 aromatic rings. The van der Waals surface area contributed by atoms with E-state index < -0.39 is 49.5 Å². The van der Waals surface area contributed by atoms with Gasteiger partial charge >= 0.3 is 5.97 Å². The maximum absolute atomic E-state index is 13.1. The molecule has 0 aliphatic carbocycles. The van der Waals surface area contributed by atoms with E-state index in [4.69, 9.17) is 14.2 Å². The number of unbranched alkanes of at least 4 members (excludes halogenated alkanes) is 34. The van der Waals surface area contributed by atoms with Crippen molar-refractivity contribution in [3.63, 3.8) is 0 Å². The van der Waals surface area contributed by atoms with Crippen LogP contribution in [0.25, 0.3) is 0 Å². The third kappa shape index (κ3) is 45.0. The second-order valence-corrected chi connectivity index (χ2v) is 22.5. The van der Waals surface area contributed by atoms with Gasteiger partial charge in [0.1, 0.15) is 24.4 Å². The molecule has 1 aliphatic heterocycles. The van der Waals surface area contributed by atoms with Crippen LogP contribution in [0.1, 0.15) is 290 Å². The molecule has 6 N–H and O–H groups in total. The van der Waals surface area contributed by atoms with E-state index in [0.29, 0.717) is 19.4 Å². The first-order chi connectivity index (χ1) is 38.2. The average molecular weight is 1100 g/mol. The highest BCUT2D eigenvalue weighted by molar-refractivity contribution is 5.76. The summed E-state index contributed by atoms with van der Waals surface area (Å²) in [6, 6.07) is -0.816. The largest absolute Gasteiger partial charge is 0.465 e. The number of carbonyl (C=O) groups excluding carboxylic acids is 2. The van der Waals surface area contributed by atoms with E-state index in [0.717, 1.165) is 83.5 Å². The van der Waals surface area contributed by atoms with Crippen molar-refractivity contribution in [2.24, 2.45) is 0 Å². The van der Waals surface area contributed by atoms with Crippen LogP contribution >= 0.6 is 0 Å². The molecule has 7 atom stereocenters. The van der Waals surface area contributed by atoms with Crippen molar-refractivity contribution < 1.29 is 49.3 Å². The third-order valence-electron chi connectivity index (χ3n) is 15.1. The first kappa shape index (κ1) is 73.4. The zero-order chi connectivity index (χ0) is 56.6. The summed E-state index contributed by atoms with van der Waals surface area (Å²) in [5, 5.41) is 54.5. The number of esters is 1. The van der Waals surface area contributed by atoms with Crippen molar-refractivity contribution in [2.75, 3.05) is 19.8 Å². The minimum atomic E-state index is -1.57. The molecule has 0 bridgehead atoms.